The van der Waals surface area contributed by atoms with E-state index in [4.69, 9.17) is 62.1 Å². The molecular formula is C84H96Cl2N6O25S. The Bertz CT molecular complexity index is 4910. The smallest absolute Gasteiger partial charge is 0.264 e. The number of aliphatic hydroxyl groups excluding tert-OH is 5. The van der Waals surface area contributed by atoms with E-state index in [1.807, 2.05) is 18.6 Å². The summed E-state index contributed by atoms with van der Waals surface area (Å²) in [5.41, 5.74) is 4.27. The lowest BCUT2D eigenvalue weighted by atomic mass is 9.51. The second-order valence-corrected chi connectivity index (χ2v) is 34.5. The van der Waals surface area contributed by atoms with Gasteiger partial charge < -0.3 is 101 Å². The lowest BCUT2D eigenvalue weighted by Gasteiger charge is -2.54. The molecule has 0 aromatic heterocycles. The van der Waals surface area contributed by atoms with Gasteiger partial charge in [0.15, 0.2) is 28.8 Å². The highest BCUT2D eigenvalue weighted by atomic mass is 35.5. The average Bonchev–Trinajstić information content (AvgIpc) is 0.759. The van der Waals surface area contributed by atoms with Crippen LogP contribution in [0.25, 0.3) is 11.1 Å². The minimum Gasteiger partial charge on any atom is -0.508 e. The molecular weight excluding hydrogens is 1600 g/mol. The number of hydrogen-bond donors (Lipinski definition) is 14. The number of phenolic OH excluding ortho intramolecular Hbond substituents is 3. The molecule has 632 valence electrons. The quantitative estimate of drug-likeness (QED) is 0.0297. The van der Waals surface area contributed by atoms with E-state index in [-0.39, 0.29) is 117 Å². The number of aliphatic hydroxyl groups is 5. The van der Waals surface area contributed by atoms with Gasteiger partial charge in [0.1, 0.15) is 102 Å². The van der Waals surface area contributed by atoms with Crippen molar-refractivity contribution >= 4 is 80.1 Å². The number of sulfonamides is 1. The Balaban J connectivity index is 0.983. The molecule has 15 bridgehead atoms. The third kappa shape index (κ3) is 18.9. The number of hydrogen-bond acceptors (Lipinski definition) is 26. The number of amides is 5. The number of halogens is 2. The average molecular weight is 1690 g/mol. The van der Waals surface area contributed by atoms with E-state index in [2.05, 4.69) is 21.3 Å². The number of rotatable bonds is 22. The van der Waals surface area contributed by atoms with Gasteiger partial charge in [0.2, 0.25) is 41.6 Å². The Labute approximate surface area is 689 Å². The second-order valence-electron chi connectivity index (χ2n) is 32.0. The van der Waals surface area contributed by atoms with Crippen LogP contribution in [0.4, 0.5) is 0 Å². The molecule has 4 aliphatic carbocycles. The minimum absolute atomic E-state index is 0.0592. The number of carbonyl (C=O) groups is 8. The molecule has 31 nitrogen and oxygen atoms in total. The van der Waals surface area contributed by atoms with Crippen LogP contribution in [0.1, 0.15) is 149 Å². The number of carbonyl (C=O) groups excluding carboxylic acids is 8. The van der Waals surface area contributed by atoms with Crippen LogP contribution in [0.2, 0.25) is 10.0 Å². The zero-order chi connectivity index (χ0) is 84.5. The van der Waals surface area contributed by atoms with Crippen molar-refractivity contribution in [3.63, 3.8) is 0 Å². The van der Waals surface area contributed by atoms with Gasteiger partial charge in [0.05, 0.1) is 46.6 Å². The molecule has 4 saturated carbocycles. The number of aromatic hydroxyl groups is 3. The fourth-order valence-corrected chi connectivity index (χ4v) is 19.2. The number of ether oxygens (including phenoxy) is 7. The van der Waals surface area contributed by atoms with Crippen LogP contribution in [0.15, 0.2) is 108 Å². The molecule has 34 heteroatoms. The van der Waals surface area contributed by atoms with E-state index >= 15 is 28.8 Å². The summed E-state index contributed by atoms with van der Waals surface area (Å²) in [6, 6.07) is 11.6. The third-order valence-corrected chi connectivity index (χ3v) is 25.5. The Morgan fingerprint density at radius 1 is 0.653 bits per heavy atom. The zero-order valence-corrected chi connectivity index (χ0v) is 67.3. The molecule has 16 rings (SSSR count). The van der Waals surface area contributed by atoms with Crippen LogP contribution in [0, 0.1) is 47.3 Å². The van der Waals surface area contributed by atoms with Crippen molar-refractivity contribution < 1.29 is 121 Å². The summed E-state index contributed by atoms with van der Waals surface area (Å²) < 4.78 is 72.3. The Hall–Kier alpha value is -9.55. The molecule has 5 amide bonds. The zero-order valence-electron chi connectivity index (χ0n) is 64.9. The van der Waals surface area contributed by atoms with Gasteiger partial charge in [-0.15, -0.1) is 0 Å². The highest BCUT2D eigenvalue weighted by Gasteiger charge is 2.51. The summed E-state index contributed by atoms with van der Waals surface area (Å²) in [7, 11) is -3.37. The van der Waals surface area contributed by atoms with Gasteiger partial charge >= 0.3 is 0 Å². The van der Waals surface area contributed by atoms with Crippen LogP contribution in [0.3, 0.4) is 0 Å². The Kier molecular flexibility index (Phi) is 26.8. The number of benzene rings is 6. The Morgan fingerprint density at radius 2 is 1.29 bits per heavy atom. The van der Waals surface area contributed by atoms with Crippen molar-refractivity contribution in [1.82, 2.24) is 26.0 Å². The van der Waals surface area contributed by atoms with Gasteiger partial charge in [-0.3, -0.25) is 38.4 Å². The lowest BCUT2D eigenvalue weighted by Crippen LogP contribution is -2.60. The highest BCUT2D eigenvalue weighted by Crippen LogP contribution is 2.58. The number of methoxy groups -OCH3 is 1. The Morgan fingerprint density at radius 3 is 1.91 bits per heavy atom. The molecule has 6 aromatic rings. The summed E-state index contributed by atoms with van der Waals surface area (Å²) in [6.07, 6.45) is -11.8. The molecule has 10 aliphatic rings. The lowest BCUT2D eigenvalue weighted by molar-refractivity contribution is -0.270. The third-order valence-electron chi connectivity index (χ3n) is 23.5. The topological polar surface area (TPSA) is 483 Å². The van der Waals surface area contributed by atoms with Gasteiger partial charge in [-0.05, 0) is 187 Å². The van der Waals surface area contributed by atoms with Crippen molar-refractivity contribution in [1.29, 1.82) is 0 Å². The van der Waals surface area contributed by atoms with E-state index in [0.29, 0.717) is 24.9 Å². The first kappa shape index (κ1) is 86.3. The van der Waals surface area contributed by atoms with E-state index in [1.54, 1.807) is 6.92 Å². The molecule has 0 radical (unpaired) electrons. The van der Waals surface area contributed by atoms with Gasteiger partial charge in [-0.1, -0.05) is 62.2 Å². The van der Waals surface area contributed by atoms with Gasteiger partial charge in [0.25, 0.3) is 10.0 Å². The largest absolute Gasteiger partial charge is 0.508 e. The van der Waals surface area contributed by atoms with Crippen LogP contribution < -0.4 is 50.7 Å². The highest BCUT2D eigenvalue weighted by molar-refractivity contribution is 7.90. The molecule has 0 spiro atoms. The first-order valence-corrected chi connectivity index (χ1v) is 41.6. The first-order chi connectivity index (χ1) is 56.3. The standard InChI is InChI=1S/C84H96Cl2N6O25S/c1-5-41(20-38(2)3)80(105)90-72-60(96)29-48(32-68(99)92-118(109,110)51-11-9-50(10-12-51)113-19-18-112-17-16-111-4)81(106)88-70-47-30-65(114-63-14-7-43(74(72)100)27-56(63)85)79(117-84-78(104)77(103)76(102)67(37-87)116-84)66(31-47)115-64-15-8-44(28-57(64)86)75(101)73-83(108)89-71(62(98)35-52-45-22-39-21-40(24-45)25-46(52)23-39)55-33-49(93)34-59(95)69(55)54-26-42(6-13-58(54)94)53(36-61(70)97)82(107)91-73/h6-15,26-28,30-31,33-34,38-41,45-46,48,52-53,67,70-78,84,93-95,100-104H,5,16-25,29,32,35-37,87H2,1-4H3,(H,88,106)(H,89,108)(H,90,105)(H,91,107)(H,92,99)/t39?,40?,41-,45?,46?,48+,52?,53-,67-,70-,71+,72+,73+,74-,75-,76-,77+,78-,84+/m1/s1. The summed E-state index contributed by atoms with van der Waals surface area (Å²) >= 11 is 14.3. The number of ketones is 3. The SMILES string of the molecule is CC[C@H](CC(C)C)C(=O)N[C@H]1C(=O)C[C@@H](CC(=O)NS(=O)(=O)c2ccc(OCCOCCOC)cc2)C(=O)N[C@H]2C(=O)C[C@H]3C(=O)N[C@H](C(=O)N[C@H](C(=O)CC4C5CC6CC(C5)CC4C6)c4cc(O)cc(O)c4-c4cc3ccc4O)[C@H](O)c3ccc(c(Cl)c3)Oc3cc2cc(c3O[C@@H]2O[C@H](CN)[C@@H](O)[C@H](O)[C@H]2O)Oc2ccc(cc2Cl)[C@H]1O. The van der Waals surface area contributed by atoms with E-state index < -0.39 is 213 Å². The van der Waals surface area contributed by atoms with E-state index in [1.165, 1.54) is 61.7 Å². The maximum atomic E-state index is 16.6. The predicted molar refractivity (Wildman–Crippen MR) is 422 cm³/mol. The minimum atomic E-state index is -4.88. The van der Waals surface area contributed by atoms with Crippen LogP contribution in [-0.4, -0.2) is 179 Å². The van der Waals surface area contributed by atoms with Crippen molar-refractivity contribution in [2.45, 2.75) is 169 Å². The summed E-state index contributed by atoms with van der Waals surface area (Å²) in [5, 5.41) is 105. The number of nitrogens with two attached hydrogens (primary N) is 1. The molecule has 6 heterocycles. The van der Waals surface area contributed by atoms with Gasteiger partial charge in [-0.25, -0.2) is 13.1 Å². The molecule has 14 atom stereocenters. The fraction of sp³-hybridized carbons (Fsp3) is 0.476. The summed E-state index contributed by atoms with van der Waals surface area (Å²) in [4.78, 5) is 124. The predicted octanol–water partition coefficient (Wildman–Crippen LogP) is 7.26. The number of nitrogens with one attached hydrogen (secondary N) is 5. The van der Waals surface area contributed by atoms with Crippen molar-refractivity contribution in [3.05, 3.63) is 141 Å². The van der Waals surface area contributed by atoms with E-state index in [0.717, 1.165) is 80.6 Å². The maximum Gasteiger partial charge on any atom is 0.264 e. The van der Waals surface area contributed by atoms with Crippen molar-refractivity contribution in [2.75, 3.05) is 40.1 Å². The van der Waals surface area contributed by atoms with Gasteiger partial charge in [-0.2, -0.15) is 0 Å². The first-order valence-electron chi connectivity index (χ1n) is 39.4. The fourth-order valence-electron chi connectivity index (χ4n) is 17.7. The molecule has 6 aromatic carbocycles. The molecule has 1 saturated heterocycles. The summed E-state index contributed by atoms with van der Waals surface area (Å²) in [6.45, 7) is 5.81. The molecule has 118 heavy (non-hydrogen) atoms. The second kappa shape index (κ2) is 36.6. The van der Waals surface area contributed by atoms with Crippen LogP contribution in [0.5, 0.6) is 51.7 Å². The number of fused-ring (bicyclic) bond motifs is 15. The number of phenols is 3. The van der Waals surface area contributed by atoms with Crippen molar-refractivity contribution in [2.24, 2.45) is 53.1 Å². The molecule has 5 fully saturated rings. The molecule has 15 N–H and O–H groups in total. The van der Waals surface area contributed by atoms with Gasteiger partial charge in [0, 0.05) is 62.4 Å². The molecule has 6 aliphatic heterocycles. The van der Waals surface area contributed by atoms with Crippen LogP contribution >= 0.6 is 23.2 Å². The van der Waals surface area contributed by atoms with E-state index in [9.17, 15) is 58.9 Å². The van der Waals surface area contributed by atoms with Crippen LogP contribution in [-0.2, 0) is 62.6 Å². The van der Waals surface area contributed by atoms with Crippen molar-refractivity contribution in [3.8, 4) is 62.9 Å². The maximum absolute atomic E-state index is 16.6. The number of Topliss-reactive ketones (excluding diaryl/α,β-unsaturated/α-hetero) is 3. The molecule has 0 unspecified atom stereocenters. The monoisotopic (exact) mass is 1690 g/mol. The normalized spacial score (nSPS) is 27.8. The summed E-state index contributed by atoms with van der Waals surface area (Å²) in [5.74, 6) is -16.6.